The predicted octanol–water partition coefficient (Wildman–Crippen LogP) is 4.40. The molecule has 0 saturated carbocycles. The minimum absolute atomic E-state index is 0.189. The van der Waals surface area contributed by atoms with Crippen molar-refractivity contribution < 1.29 is 33.3 Å². The Balaban J connectivity index is 1.36. The molecule has 0 N–H and O–H groups in total. The van der Waals surface area contributed by atoms with Gasteiger partial charge in [-0.05, 0) is 50.3 Å². The molecule has 2 aromatic carbocycles. The van der Waals surface area contributed by atoms with E-state index in [4.69, 9.17) is 23.7 Å². The minimum atomic E-state index is -0.624. The Labute approximate surface area is 210 Å². The second-order valence-corrected chi connectivity index (χ2v) is 8.37. The lowest BCUT2D eigenvalue weighted by Gasteiger charge is -2.27. The summed E-state index contributed by atoms with van der Waals surface area (Å²) < 4.78 is 29.6. The Bertz CT molecular complexity index is 1290. The molecule has 1 atom stereocenters. The van der Waals surface area contributed by atoms with Gasteiger partial charge in [0, 0.05) is 34.7 Å². The Kier molecular flexibility index (Phi) is 7.63. The number of hydrogen-bond acceptors (Lipinski definition) is 7. The van der Waals surface area contributed by atoms with E-state index in [0.717, 1.165) is 17.1 Å². The van der Waals surface area contributed by atoms with Crippen molar-refractivity contribution in [2.75, 3.05) is 27.4 Å². The highest BCUT2D eigenvalue weighted by molar-refractivity contribution is 6.00. The molecule has 8 nitrogen and oxygen atoms in total. The molecular formula is C28H29NO7. The maximum atomic E-state index is 12.8. The number of aromatic nitrogens is 1. The fourth-order valence-corrected chi connectivity index (χ4v) is 4.10. The zero-order valence-corrected chi connectivity index (χ0v) is 20.8. The van der Waals surface area contributed by atoms with Gasteiger partial charge in [-0.1, -0.05) is 12.1 Å². The van der Waals surface area contributed by atoms with Crippen LogP contribution in [0.4, 0.5) is 0 Å². The number of esters is 1. The van der Waals surface area contributed by atoms with Crippen LogP contribution in [0.5, 0.6) is 23.0 Å². The van der Waals surface area contributed by atoms with Crippen LogP contribution in [0, 0.1) is 13.8 Å². The summed E-state index contributed by atoms with van der Waals surface area (Å²) in [5, 5.41) is 0. The summed E-state index contributed by atoms with van der Waals surface area (Å²) in [5.74, 6) is 1.73. The SMILES string of the molecule is COc1ccc(C=CC(=O)OCC(=O)c2cc(C)n(CC3COc4ccccc4O3)c2C)c(OC)c1. The minimum Gasteiger partial charge on any atom is -0.497 e. The molecule has 0 saturated heterocycles. The van der Waals surface area contributed by atoms with E-state index in [2.05, 4.69) is 0 Å². The predicted molar refractivity (Wildman–Crippen MR) is 134 cm³/mol. The normalized spacial score (nSPS) is 14.5. The highest BCUT2D eigenvalue weighted by atomic mass is 16.6. The molecule has 3 aromatic rings. The highest BCUT2D eigenvalue weighted by Gasteiger charge is 2.24. The quantitative estimate of drug-likeness (QED) is 0.249. The molecule has 0 fully saturated rings. The number of benzene rings is 2. The largest absolute Gasteiger partial charge is 0.497 e. The fourth-order valence-electron chi connectivity index (χ4n) is 4.10. The summed E-state index contributed by atoms with van der Waals surface area (Å²) in [7, 11) is 3.10. The van der Waals surface area contributed by atoms with E-state index < -0.39 is 5.97 Å². The van der Waals surface area contributed by atoms with Crippen LogP contribution in [0.1, 0.15) is 27.3 Å². The lowest BCUT2D eigenvalue weighted by Crippen LogP contribution is -2.33. The number of fused-ring (bicyclic) bond motifs is 1. The number of nitrogens with zero attached hydrogens (tertiary/aromatic N) is 1. The van der Waals surface area contributed by atoms with Crippen molar-refractivity contribution in [2.24, 2.45) is 0 Å². The summed E-state index contributed by atoms with van der Waals surface area (Å²) in [6.45, 7) is 4.39. The van der Waals surface area contributed by atoms with E-state index in [0.29, 0.717) is 41.5 Å². The average Bonchev–Trinajstić information content (AvgIpc) is 3.18. The average molecular weight is 492 g/mol. The van der Waals surface area contributed by atoms with Gasteiger partial charge in [0.25, 0.3) is 0 Å². The molecule has 0 bridgehead atoms. The standard InChI is InChI=1S/C28H29NO7/c1-18-13-23(19(2)29(18)15-22-16-34-25-7-5-6-8-26(25)36-22)24(30)17-35-28(31)12-10-20-9-11-21(32-3)14-27(20)33-4/h5-14,22H,15-17H2,1-4H3. The molecule has 0 amide bonds. The second-order valence-electron chi connectivity index (χ2n) is 8.37. The number of ketones is 1. The van der Waals surface area contributed by atoms with Gasteiger partial charge in [-0.2, -0.15) is 0 Å². The van der Waals surface area contributed by atoms with Crippen LogP contribution in [0.2, 0.25) is 0 Å². The first-order valence-electron chi connectivity index (χ1n) is 11.5. The molecule has 1 aliphatic heterocycles. The number of aryl methyl sites for hydroxylation is 1. The lowest BCUT2D eigenvalue weighted by molar-refractivity contribution is -0.136. The Hall–Kier alpha value is -4.20. The van der Waals surface area contributed by atoms with E-state index in [9.17, 15) is 9.59 Å². The van der Waals surface area contributed by atoms with E-state index in [1.54, 1.807) is 37.5 Å². The highest BCUT2D eigenvalue weighted by Crippen LogP contribution is 2.31. The van der Waals surface area contributed by atoms with Gasteiger partial charge in [0.05, 0.1) is 20.8 Å². The fraction of sp³-hybridized carbons (Fsp3) is 0.286. The summed E-state index contributed by atoms with van der Waals surface area (Å²) >= 11 is 0. The van der Waals surface area contributed by atoms with Crippen LogP contribution >= 0.6 is 0 Å². The van der Waals surface area contributed by atoms with E-state index >= 15 is 0 Å². The molecule has 1 aliphatic rings. The topological polar surface area (TPSA) is 85.2 Å². The maximum absolute atomic E-state index is 12.8. The van der Waals surface area contributed by atoms with Crippen LogP contribution in [-0.4, -0.2) is 49.9 Å². The number of rotatable bonds is 9. The number of hydrogen-bond donors (Lipinski definition) is 0. The summed E-state index contributed by atoms with van der Waals surface area (Å²) in [5.41, 5.74) is 2.89. The zero-order chi connectivity index (χ0) is 25.7. The van der Waals surface area contributed by atoms with Crippen molar-refractivity contribution in [2.45, 2.75) is 26.5 Å². The summed E-state index contributed by atoms with van der Waals surface area (Å²) in [6, 6.07) is 14.6. The van der Waals surface area contributed by atoms with Crippen LogP contribution in [0.25, 0.3) is 6.08 Å². The number of para-hydroxylation sites is 2. The van der Waals surface area contributed by atoms with Crippen molar-refractivity contribution in [3.8, 4) is 23.0 Å². The van der Waals surface area contributed by atoms with E-state index in [-0.39, 0.29) is 18.5 Å². The van der Waals surface area contributed by atoms with E-state index in [1.807, 2.05) is 42.7 Å². The number of methoxy groups -OCH3 is 2. The Morgan fingerprint density at radius 2 is 1.83 bits per heavy atom. The van der Waals surface area contributed by atoms with Gasteiger partial charge >= 0.3 is 5.97 Å². The molecule has 1 unspecified atom stereocenters. The maximum Gasteiger partial charge on any atom is 0.331 e. The first-order chi connectivity index (χ1) is 17.4. The second kappa shape index (κ2) is 11.0. The smallest absolute Gasteiger partial charge is 0.331 e. The van der Waals surface area contributed by atoms with Crippen LogP contribution in [0.15, 0.2) is 54.6 Å². The molecule has 4 rings (SSSR count). The van der Waals surface area contributed by atoms with Gasteiger partial charge in [0.1, 0.15) is 18.1 Å². The molecule has 0 spiro atoms. The molecule has 0 aliphatic carbocycles. The molecule has 1 aromatic heterocycles. The molecule has 36 heavy (non-hydrogen) atoms. The van der Waals surface area contributed by atoms with Crippen molar-refractivity contribution in [3.63, 3.8) is 0 Å². The summed E-state index contributed by atoms with van der Waals surface area (Å²) in [6.07, 6.45) is 2.64. The van der Waals surface area contributed by atoms with Gasteiger partial charge in [-0.15, -0.1) is 0 Å². The van der Waals surface area contributed by atoms with Crippen LogP contribution < -0.4 is 18.9 Å². The molecule has 8 heteroatoms. The van der Waals surface area contributed by atoms with Gasteiger partial charge in [0.2, 0.25) is 5.78 Å². The number of carbonyl (C=O) groups excluding carboxylic acids is 2. The summed E-state index contributed by atoms with van der Waals surface area (Å²) in [4.78, 5) is 25.1. The third-order valence-electron chi connectivity index (χ3n) is 6.01. The van der Waals surface area contributed by atoms with Gasteiger partial charge in [-0.3, -0.25) is 4.79 Å². The number of Topliss-reactive ketones (excluding diaryl/α,β-unsaturated/α-hetero) is 1. The molecule has 188 valence electrons. The van der Waals surface area contributed by atoms with Crippen molar-refractivity contribution >= 4 is 17.8 Å². The third kappa shape index (κ3) is 5.54. The zero-order valence-electron chi connectivity index (χ0n) is 20.8. The third-order valence-corrected chi connectivity index (χ3v) is 6.01. The first kappa shape index (κ1) is 24.9. The Morgan fingerprint density at radius 1 is 1.06 bits per heavy atom. The van der Waals surface area contributed by atoms with Gasteiger partial charge < -0.3 is 28.3 Å². The van der Waals surface area contributed by atoms with Gasteiger partial charge in [0.15, 0.2) is 24.2 Å². The van der Waals surface area contributed by atoms with E-state index in [1.165, 1.54) is 13.2 Å². The van der Waals surface area contributed by atoms with Crippen LogP contribution in [0.3, 0.4) is 0 Å². The number of carbonyl (C=O) groups is 2. The Morgan fingerprint density at radius 3 is 2.58 bits per heavy atom. The molecule has 2 heterocycles. The van der Waals surface area contributed by atoms with Gasteiger partial charge in [-0.25, -0.2) is 4.79 Å². The van der Waals surface area contributed by atoms with Crippen molar-refractivity contribution in [3.05, 3.63) is 77.1 Å². The van der Waals surface area contributed by atoms with Crippen molar-refractivity contribution in [1.29, 1.82) is 0 Å². The van der Waals surface area contributed by atoms with Crippen LogP contribution in [-0.2, 0) is 16.1 Å². The monoisotopic (exact) mass is 491 g/mol. The molecule has 0 radical (unpaired) electrons. The molecular weight excluding hydrogens is 462 g/mol. The first-order valence-corrected chi connectivity index (χ1v) is 11.5. The lowest BCUT2D eigenvalue weighted by atomic mass is 10.1. The number of ether oxygens (including phenoxy) is 5. The van der Waals surface area contributed by atoms with Crippen molar-refractivity contribution in [1.82, 2.24) is 4.57 Å².